The van der Waals surface area contributed by atoms with Crippen LogP contribution in [0.4, 0.5) is 5.69 Å². The maximum atomic E-state index is 13.1. The minimum atomic E-state index is 0.0848. The minimum Gasteiger partial charge on any atom is -0.358 e. The highest BCUT2D eigenvalue weighted by atomic mass is 32.1. The van der Waals surface area contributed by atoms with Crippen LogP contribution in [0.2, 0.25) is 0 Å². The standard InChI is InChI=1S/C29H32N4O2S/c1-19(14-22-6-5-13-36-22)30-24-7-4-8-27(34)28(24)26-16-20-15-23-21(17-25(20)31-26)18-33(29(23)35)12-11-32-9-2-3-10-32/h4-7,13,15,17,19,31H,2-3,8-12,14,16,18H2,1H3/t19-/m0/s1. The van der Waals surface area contributed by atoms with Gasteiger partial charge in [0.1, 0.15) is 0 Å². The third-order valence-electron chi connectivity index (χ3n) is 7.60. The number of thiophene rings is 1. The van der Waals surface area contributed by atoms with E-state index in [2.05, 4.69) is 40.7 Å². The zero-order valence-electron chi connectivity index (χ0n) is 20.8. The molecule has 0 unspecified atom stereocenters. The summed E-state index contributed by atoms with van der Waals surface area (Å²) in [5.74, 6) is 0.237. The Morgan fingerprint density at radius 3 is 2.81 bits per heavy atom. The van der Waals surface area contributed by atoms with E-state index in [9.17, 15) is 9.59 Å². The summed E-state index contributed by atoms with van der Waals surface area (Å²) in [5, 5.41) is 5.61. The van der Waals surface area contributed by atoms with Gasteiger partial charge in [-0.15, -0.1) is 11.3 Å². The third-order valence-corrected chi connectivity index (χ3v) is 8.50. The Bertz CT molecular complexity index is 1280. The summed E-state index contributed by atoms with van der Waals surface area (Å²) in [6, 6.07) is 8.44. The molecule has 7 heteroatoms. The molecule has 1 amide bonds. The number of aliphatic imine (C=N–C) groups is 1. The number of amides is 1. The number of likely N-dealkylation sites (tertiary alicyclic amines) is 1. The molecular formula is C29H32N4O2S. The number of hydrogen-bond donors (Lipinski definition) is 1. The number of allylic oxidation sites excluding steroid dienone is 4. The van der Waals surface area contributed by atoms with E-state index in [1.165, 1.54) is 17.7 Å². The van der Waals surface area contributed by atoms with Gasteiger partial charge in [-0.05, 0) is 73.6 Å². The molecule has 0 spiro atoms. The number of carbonyl (C=O) groups is 2. The first-order chi connectivity index (χ1) is 17.5. The molecule has 1 atom stereocenters. The van der Waals surface area contributed by atoms with Crippen LogP contribution in [0.25, 0.3) is 0 Å². The largest absolute Gasteiger partial charge is 0.358 e. The van der Waals surface area contributed by atoms with Crippen molar-refractivity contribution in [1.29, 1.82) is 0 Å². The van der Waals surface area contributed by atoms with Gasteiger partial charge < -0.3 is 15.1 Å². The number of fused-ring (bicyclic) bond motifs is 2. The lowest BCUT2D eigenvalue weighted by Crippen LogP contribution is -2.33. The van der Waals surface area contributed by atoms with E-state index in [-0.39, 0.29) is 17.7 Å². The van der Waals surface area contributed by atoms with Crippen molar-refractivity contribution in [2.75, 3.05) is 31.5 Å². The van der Waals surface area contributed by atoms with E-state index in [1.54, 1.807) is 11.3 Å². The second-order valence-corrected chi connectivity index (χ2v) is 11.3. The molecule has 1 aromatic carbocycles. The summed E-state index contributed by atoms with van der Waals surface area (Å²) in [4.78, 5) is 36.8. The van der Waals surface area contributed by atoms with Crippen molar-refractivity contribution in [1.82, 2.24) is 9.80 Å². The van der Waals surface area contributed by atoms with E-state index in [0.29, 0.717) is 25.0 Å². The number of Topliss-reactive ketones (excluding diaryl/α,β-unsaturated/α-hetero) is 1. The fourth-order valence-corrected chi connectivity index (χ4v) is 6.59. The summed E-state index contributed by atoms with van der Waals surface area (Å²) in [6.07, 6.45) is 8.32. The number of hydrogen-bond acceptors (Lipinski definition) is 6. The van der Waals surface area contributed by atoms with Gasteiger partial charge in [0.2, 0.25) is 0 Å². The number of ketones is 1. The quantitative estimate of drug-likeness (QED) is 0.588. The molecule has 1 saturated heterocycles. The van der Waals surface area contributed by atoms with Crippen LogP contribution in [0.5, 0.6) is 0 Å². The molecule has 36 heavy (non-hydrogen) atoms. The highest BCUT2D eigenvalue weighted by Gasteiger charge is 2.32. The summed E-state index contributed by atoms with van der Waals surface area (Å²) in [7, 11) is 0. The number of nitrogens with one attached hydrogen (secondary N) is 1. The summed E-state index contributed by atoms with van der Waals surface area (Å²) in [5.41, 5.74) is 6.36. The predicted molar refractivity (Wildman–Crippen MR) is 145 cm³/mol. The fraction of sp³-hybridized carbons (Fsp3) is 0.414. The van der Waals surface area contributed by atoms with Crippen LogP contribution in [0.15, 0.2) is 58.1 Å². The van der Waals surface area contributed by atoms with Crippen molar-refractivity contribution in [3.8, 4) is 0 Å². The van der Waals surface area contributed by atoms with Gasteiger partial charge in [0, 0.05) is 60.7 Å². The van der Waals surface area contributed by atoms with E-state index in [0.717, 1.165) is 66.4 Å². The third kappa shape index (κ3) is 4.58. The van der Waals surface area contributed by atoms with Gasteiger partial charge in [0.15, 0.2) is 5.78 Å². The highest BCUT2D eigenvalue weighted by Crippen LogP contribution is 2.36. The summed E-state index contributed by atoms with van der Waals surface area (Å²) < 4.78 is 0. The van der Waals surface area contributed by atoms with Crippen LogP contribution in [0.1, 0.15) is 52.5 Å². The zero-order chi connectivity index (χ0) is 24.6. The number of rotatable bonds is 6. The summed E-state index contributed by atoms with van der Waals surface area (Å²) >= 11 is 1.74. The Morgan fingerprint density at radius 1 is 1.14 bits per heavy atom. The number of carbonyl (C=O) groups excluding carboxylic acids is 2. The van der Waals surface area contributed by atoms with Crippen molar-refractivity contribution in [2.45, 2.75) is 51.6 Å². The molecule has 1 fully saturated rings. The molecule has 1 aliphatic carbocycles. The molecule has 6 nitrogen and oxygen atoms in total. The second kappa shape index (κ2) is 9.79. The van der Waals surface area contributed by atoms with E-state index >= 15 is 0 Å². The molecule has 0 radical (unpaired) electrons. The van der Waals surface area contributed by atoms with Crippen molar-refractivity contribution in [2.24, 2.45) is 4.99 Å². The van der Waals surface area contributed by atoms with Gasteiger partial charge in [-0.3, -0.25) is 14.6 Å². The van der Waals surface area contributed by atoms with E-state index < -0.39 is 0 Å². The molecule has 3 aliphatic heterocycles. The molecule has 4 aliphatic rings. The molecule has 1 aromatic heterocycles. The lowest BCUT2D eigenvalue weighted by atomic mass is 9.93. The highest BCUT2D eigenvalue weighted by molar-refractivity contribution is 7.09. The van der Waals surface area contributed by atoms with Crippen LogP contribution in [0, 0.1) is 0 Å². The molecule has 186 valence electrons. The first-order valence-corrected chi connectivity index (χ1v) is 13.9. The first kappa shape index (κ1) is 23.4. The average molecular weight is 501 g/mol. The van der Waals surface area contributed by atoms with Crippen molar-refractivity contribution >= 4 is 34.4 Å². The maximum Gasteiger partial charge on any atom is 0.254 e. The number of nitrogens with zero attached hydrogens (tertiary/aromatic N) is 3. The Morgan fingerprint density at radius 2 is 2.00 bits per heavy atom. The zero-order valence-corrected chi connectivity index (χ0v) is 21.6. The first-order valence-electron chi connectivity index (χ1n) is 13.0. The molecule has 0 bridgehead atoms. The topological polar surface area (TPSA) is 65.0 Å². The van der Waals surface area contributed by atoms with Gasteiger partial charge in [-0.1, -0.05) is 12.1 Å². The van der Waals surface area contributed by atoms with Crippen LogP contribution >= 0.6 is 11.3 Å². The van der Waals surface area contributed by atoms with Gasteiger partial charge in [0.05, 0.1) is 17.3 Å². The Balaban J connectivity index is 1.21. The molecular weight excluding hydrogens is 468 g/mol. The van der Waals surface area contributed by atoms with Crippen molar-refractivity contribution in [3.63, 3.8) is 0 Å². The maximum absolute atomic E-state index is 13.1. The molecule has 1 N–H and O–H groups in total. The fourth-order valence-electron chi connectivity index (χ4n) is 5.77. The predicted octanol–water partition coefficient (Wildman–Crippen LogP) is 4.62. The molecule has 2 aromatic rings. The Hall–Kier alpha value is -3.03. The normalized spacial score (nSPS) is 23.5. The van der Waals surface area contributed by atoms with Gasteiger partial charge >= 0.3 is 0 Å². The lowest BCUT2D eigenvalue weighted by Gasteiger charge is -2.20. The van der Waals surface area contributed by atoms with Crippen LogP contribution in [0.3, 0.4) is 0 Å². The smallest absolute Gasteiger partial charge is 0.254 e. The van der Waals surface area contributed by atoms with Crippen LogP contribution in [-0.4, -0.2) is 59.4 Å². The molecule has 4 heterocycles. The van der Waals surface area contributed by atoms with Crippen molar-refractivity contribution in [3.05, 3.63) is 74.6 Å². The molecule has 6 rings (SSSR count). The Kier molecular flexibility index (Phi) is 6.36. The Labute approximate surface area is 216 Å². The molecule has 0 saturated carbocycles. The van der Waals surface area contributed by atoms with Gasteiger partial charge in [-0.25, -0.2) is 0 Å². The summed E-state index contributed by atoms with van der Waals surface area (Å²) in [6.45, 7) is 6.80. The average Bonchev–Trinajstić information content (AvgIpc) is 3.65. The second-order valence-electron chi connectivity index (χ2n) is 10.3. The monoisotopic (exact) mass is 500 g/mol. The van der Waals surface area contributed by atoms with Crippen molar-refractivity contribution < 1.29 is 9.59 Å². The van der Waals surface area contributed by atoms with Crippen LogP contribution in [-0.2, 0) is 24.2 Å². The SMILES string of the molecule is C[C@@H](Cc1cccs1)N=C1C=CCC(=O)C1=C1Cc2cc3c(cc2N1)CN(CCN1CCCC1)C3=O. The van der Waals surface area contributed by atoms with Gasteiger partial charge in [0.25, 0.3) is 5.91 Å². The lowest BCUT2D eigenvalue weighted by molar-refractivity contribution is -0.114. The minimum absolute atomic E-state index is 0.0848. The number of anilines is 1. The van der Waals surface area contributed by atoms with E-state index in [4.69, 9.17) is 4.99 Å². The van der Waals surface area contributed by atoms with Gasteiger partial charge in [-0.2, -0.15) is 0 Å². The van der Waals surface area contributed by atoms with E-state index in [1.807, 2.05) is 23.1 Å². The van der Waals surface area contributed by atoms with Crippen LogP contribution < -0.4 is 5.32 Å². The number of benzene rings is 1.